The van der Waals surface area contributed by atoms with Gasteiger partial charge in [-0.15, -0.1) is 0 Å². The molecular formula is C21H28N2O4S. The Hall–Kier alpha value is -2.15. The lowest BCUT2D eigenvalue weighted by Gasteiger charge is -2.35. The van der Waals surface area contributed by atoms with Gasteiger partial charge in [0.05, 0.1) is 17.0 Å². The van der Waals surface area contributed by atoms with Gasteiger partial charge in [-0.2, -0.15) is 0 Å². The number of aryl methyl sites for hydroxylation is 1. The van der Waals surface area contributed by atoms with Crippen molar-refractivity contribution in [2.75, 3.05) is 11.5 Å². The molecule has 0 saturated carbocycles. The van der Waals surface area contributed by atoms with Crippen molar-refractivity contribution in [1.82, 2.24) is 9.88 Å². The van der Waals surface area contributed by atoms with E-state index < -0.39 is 21.5 Å². The van der Waals surface area contributed by atoms with Gasteiger partial charge in [0, 0.05) is 23.7 Å². The van der Waals surface area contributed by atoms with Crippen LogP contribution in [-0.2, 0) is 21.1 Å². The van der Waals surface area contributed by atoms with Crippen LogP contribution in [0.5, 0.6) is 0 Å². The molecule has 1 amide bonds. The number of pyridine rings is 1. The Kier molecular flexibility index (Phi) is 5.66. The van der Waals surface area contributed by atoms with Crippen LogP contribution in [-0.4, -0.2) is 47.5 Å². The first kappa shape index (κ1) is 20.6. The second-order valence-electron chi connectivity index (χ2n) is 8.47. The standard InChI is InChI=1S/C21H28N2O4S/c1-15-5-7-17-13-16(6-8-19(17)22-15)14-23(20(24)27-21(2,3)4)18-9-11-28(25,26)12-10-18/h5-8,13,18H,9-12,14H2,1-4H3. The molecule has 0 N–H and O–H groups in total. The Bertz CT molecular complexity index is 966. The van der Waals surface area contributed by atoms with Crippen molar-refractivity contribution in [2.24, 2.45) is 0 Å². The Labute approximate surface area is 166 Å². The van der Waals surface area contributed by atoms with Gasteiger partial charge in [-0.25, -0.2) is 13.2 Å². The number of carbonyl (C=O) groups is 1. The second-order valence-corrected chi connectivity index (χ2v) is 10.8. The van der Waals surface area contributed by atoms with Crippen molar-refractivity contribution >= 4 is 26.8 Å². The fourth-order valence-electron chi connectivity index (χ4n) is 3.42. The molecule has 7 heteroatoms. The lowest BCUT2D eigenvalue weighted by atomic mass is 10.1. The molecule has 28 heavy (non-hydrogen) atoms. The van der Waals surface area contributed by atoms with Gasteiger partial charge in [-0.1, -0.05) is 12.1 Å². The molecule has 0 spiro atoms. The Morgan fingerprint density at radius 1 is 1.18 bits per heavy atom. The molecule has 2 heterocycles. The zero-order valence-electron chi connectivity index (χ0n) is 16.9. The fraction of sp³-hybridized carbons (Fsp3) is 0.524. The highest BCUT2D eigenvalue weighted by Gasteiger charge is 2.33. The van der Waals surface area contributed by atoms with E-state index in [1.54, 1.807) is 4.90 Å². The first-order valence-electron chi connectivity index (χ1n) is 9.59. The van der Waals surface area contributed by atoms with Gasteiger partial charge in [0.2, 0.25) is 0 Å². The highest BCUT2D eigenvalue weighted by atomic mass is 32.2. The number of benzene rings is 1. The number of rotatable bonds is 3. The molecule has 0 aliphatic carbocycles. The van der Waals surface area contributed by atoms with Crippen LogP contribution in [0, 0.1) is 6.92 Å². The molecule has 0 bridgehead atoms. The molecule has 1 aliphatic heterocycles. The maximum atomic E-state index is 12.9. The molecular weight excluding hydrogens is 376 g/mol. The Morgan fingerprint density at radius 3 is 2.50 bits per heavy atom. The Balaban J connectivity index is 1.86. The summed E-state index contributed by atoms with van der Waals surface area (Å²) >= 11 is 0. The molecule has 3 rings (SSSR count). The fourth-order valence-corrected chi connectivity index (χ4v) is 4.89. The number of aromatic nitrogens is 1. The molecule has 152 valence electrons. The van der Waals surface area contributed by atoms with E-state index in [0.717, 1.165) is 22.2 Å². The minimum absolute atomic E-state index is 0.109. The number of fused-ring (bicyclic) bond motifs is 1. The summed E-state index contributed by atoms with van der Waals surface area (Å²) in [7, 11) is -3.00. The second kappa shape index (κ2) is 7.70. The van der Waals surface area contributed by atoms with Crippen LogP contribution in [0.3, 0.4) is 0 Å². The third kappa shape index (κ3) is 5.22. The zero-order chi connectivity index (χ0) is 20.5. The van der Waals surface area contributed by atoms with Gasteiger partial charge in [0.1, 0.15) is 15.4 Å². The number of hydrogen-bond donors (Lipinski definition) is 0. The highest BCUT2D eigenvalue weighted by Crippen LogP contribution is 2.24. The smallest absolute Gasteiger partial charge is 0.410 e. The third-order valence-electron chi connectivity index (χ3n) is 4.84. The highest BCUT2D eigenvalue weighted by molar-refractivity contribution is 7.91. The van der Waals surface area contributed by atoms with Crippen LogP contribution in [0.2, 0.25) is 0 Å². The van der Waals surface area contributed by atoms with E-state index in [1.165, 1.54) is 0 Å². The van der Waals surface area contributed by atoms with E-state index in [0.29, 0.717) is 19.4 Å². The van der Waals surface area contributed by atoms with Crippen LogP contribution in [0.1, 0.15) is 44.9 Å². The number of nitrogens with zero attached hydrogens (tertiary/aromatic N) is 2. The molecule has 0 atom stereocenters. The summed E-state index contributed by atoms with van der Waals surface area (Å²) in [5.74, 6) is 0.218. The van der Waals surface area contributed by atoms with E-state index >= 15 is 0 Å². The number of ether oxygens (including phenoxy) is 1. The maximum Gasteiger partial charge on any atom is 0.410 e. The van der Waals surface area contributed by atoms with Crippen LogP contribution < -0.4 is 0 Å². The maximum absolute atomic E-state index is 12.9. The van der Waals surface area contributed by atoms with E-state index in [4.69, 9.17) is 4.74 Å². The monoisotopic (exact) mass is 404 g/mol. The molecule has 1 aliphatic rings. The largest absolute Gasteiger partial charge is 0.444 e. The van der Waals surface area contributed by atoms with Gasteiger partial charge in [-0.05, 0) is 64.3 Å². The summed E-state index contributed by atoms with van der Waals surface area (Å²) in [5.41, 5.74) is 2.23. The average Bonchev–Trinajstić information content (AvgIpc) is 2.58. The number of sulfone groups is 1. The number of hydrogen-bond acceptors (Lipinski definition) is 5. The molecule has 0 radical (unpaired) electrons. The van der Waals surface area contributed by atoms with Gasteiger partial charge in [-0.3, -0.25) is 4.98 Å². The Morgan fingerprint density at radius 2 is 1.86 bits per heavy atom. The molecule has 6 nitrogen and oxygen atoms in total. The van der Waals surface area contributed by atoms with E-state index in [1.807, 2.05) is 58.0 Å². The summed E-state index contributed by atoms with van der Waals surface area (Å²) in [4.78, 5) is 19.1. The first-order valence-corrected chi connectivity index (χ1v) is 11.4. The number of carbonyl (C=O) groups excluding carboxylic acids is 1. The van der Waals surface area contributed by atoms with Crippen molar-refractivity contribution < 1.29 is 17.9 Å². The van der Waals surface area contributed by atoms with Crippen molar-refractivity contribution in [3.05, 3.63) is 41.6 Å². The molecule has 1 aromatic heterocycles. The quantitative estimate of drug-likeness (QED) is 0.776. The van der Waals surface area contributed by atoms with Crippen LogP contribution in [0.4, 0.5) is 4.79 Å². The van der Waals surface area contributed by atoms with E-state index in [-0.39, 0.29) is 17.5 Å². The lowest BCUT2D eigenvalue weighted by Crippen LogP contribution is -2.46. The zero-order valence-corrected chi connectivity index (χ0v) is 17.8. The summed E-state index contributed by atoms with van der Waals surface area (Å²) in [6, 6.07) is 9.78. The predicted molar refractivity (Wildman–Crippen MR) is 110 cm³/mol. The van der Waals surface area contributed by atoms with Crippen LogP contribution in [0.25, 0.3) is 10.9 Å². The van der Waals surface area contributed by atoms with Crippen molar-refractivity contribution in [3.63, 3.8) is 0 Å². The van der Waals surface area contributed by atoms with Crippen molar-refractivity contribution in [3.8, 4) is 0 Å². The SMILES string of the molecule is Cc1ccc2cc(CN(C(=O)OC(C)(C)C)C3CCS(=O)(=O)CC3)ccc2n1. The molecule has 2 aromatic rings. The summed E-state index contributed by atoms with van der Waals surface area (Å²) in [5, 5.41) is 1.01. The minimum Gasteiger partial charge on any atom is -0.444 e. The molecule has 0 unspecified atom stereocenters. The molecule has 1 aromatic carbocycles. The average molecular weight is 405 g/mol. The van der Waals surface area contributed by atoms with Gasteiger partial charge in [0.25, 0.3) is 0 Å². The van der Waals surface area contributed by atoms with Crippen molar-refractivity contribution in [1.29, 1.82) is 0 Å². The van der Waals surface area contributed by atoms with E-state index in [9.17, 15) is 13.2 Å². The van der Waals surface area contributed by atoms with Gasteiger partial charge < -0.3 is 9.64 Å². The van der Waals surface area contributed by atoms with E-state index in [2.05, 4.69) is 4.98 Å². The first-order chi connectivity index (χ1) is 13.0. The minimum atomic E-state index is -3.00. The van der Waals surface area contributed by atoms with Gasteiger partial charge >= 0.3 is 6.09 Å². The summed E-state index contributed by atoms with van der Waals surface area (Å²) < 4.78 is 29.2. The van der Waals surface area contributed by atoms with Crippen LogP contribution >= 0.6 is 0 Å². The molecule has 1 saturated heterocycles. The predicted octanol–water partition coefficient (Wildman–Crippen LogP) is 3.86. The summed E-state index contributed by atoms with van der Waals surface area (Å²) in [6.45, 7) is 7.83. The van der Waals surface area contributed by atoms with Crippen molar-refractivity contribution in [2.45, 2.75) is 58.7 Å². The summed E-state index contributed by atoms with van der Waals surface area (Å²) in [6.07, 6.45) is 0.477. The molecule has 1 fully saturated rings. The normalized spacial score (nSPS) is 17.4. The number of amides is 1. The topological polar surface area (TPSA) is 76.6 Å². The van der Waals surface area contributed by atoms with Crippen LogP contribution in [0.15, 0.2) is 30.3 Å². The lowest BCUT2D eigenvalue weighted by molar-refractivity contribution is 0.0128. The third-order valence-corrected chi connectivity index (χ3v) is 6.55. The van der Waals surface area contributed by atoms with Gasteiger partial charge in [0.15, 0.2) is 0 Å².